The predicted octanol–water partition coefficient (Wildman–Crippen LogP) is 4.75. The zero-order valence-corrected chi connectivity index (χ0v) is 13.1. The summed E-state index contributed by atoms with van der Waals surface area (Å²) < 4.78 is 1.97. The number of benzene rings is 1. The fraction of sp³-hybridized carbons (Fsp3) is 0.400. The minimum absolute atomic E-state index is 0.0183. The summed E-state index contributed by atoms with van der Waals surface area (Å²) in [5.41, 5.74) is 0.780. The molecular formula is C15H18Cl2N2O. The Labute approximate surface area is 129 Å². The smallest absolute Gasteiger partial charge is 0.139 e. The first kappa shape index (κ1) is 15.2. The Morgan fingerprint density at radius 3 is 2.70 bits per heavy atom. The van der Waals surface area contributed by atoms with Gasteiger partial charge in [-0.15, -0.1) is 0 Å². The molecule has 1 aromatic carbocycles. The van der Waals surface area contributed by atoms with Gasteiger partial charge in [-0.2, -0.15) is 0 Å². The molecule has 1 aromatic heterocycles. The number of phenolic OH excluding ortho intramolecular Hbond substituents is 1. The Morgan fingerprint density at radius 2 is 2.10 bits per heavy atom. The van der Waals surface area contributed by atoms with E-state index in [4.69, 9.17) is 23.2 Å². The van der Waals surface area contributed by atoms with E-state index in [1.807, 2.05) is 23.9 Å². The molecule has 2 aromatic rings. The van der Waals surface area contributed by atoms with Gasteiger partial charge in [-0.25, -0.2) is 4.98 Å². The van der Waals surface area contributed by atoms with Crippen LogP contribution in [-0.2, 0) is 7.05 Å². The second-order valence-corrected chi connectivity index (χ2v) is 5.68. The Balaban J connectivity index is 2.47. The maximum absolute atomic E-state index is 10.3. The quantitative estimate of drug-likeness (QED) is 0.864. The molecule has 1 unspecified atom stereocenters. The first-order valence-corrected chi connectivity index (χ1v) is 7.46. The van der Waals surface area contributed by atoms with Crippen molar-refractivity contribution in [3.8, 4) is 5.75 Å². The Kier molecular flexibility index (Phi) is 4.95. The highest BCUT2D eigenvalue weighted by Crippen LogP contribution is 2.41. The molecule has 0 spiro atoms. The Morgan fingerprint density at radius 1 is 1.35 bits per heavy atom. The highest BCUT2D eigenvalue weighted by Gasteiger charge is 2.23. The van der Waals surface area contributed by atoms with Crippen molar-refractivity contribution in [2.75, 3.05) is 0 Å². The van der Waals surface area contributed by atoms with Crippen LogP contribution in [0.3, 0.4) is 0 Å². The molecule has 0 radical (unpaired) electrons. The molecule has 0 saturated carbocycles. The van der Waals surface area contributed by atoms with Crippen molar-refractivity contribution < 1.29 is 5.11 Å². The van der Waals surface area contributed by atoms with Crippen molar-refractivity contribution in [3.05, 3.63) is 46.0 Å². The van der Waals surface area contributed by atoms with Crippen LogP contribution in [0.15, 0.2) is 24.5 Å². The third-order valence-corrected chi connectivity index (χ3v) is 4.29. The minimum atomic E-state index is 0.0183. The Bertz CT molecular complexity index is 596. The average molecular weight is 313 g/mol. The van der Waals surface area contributed by atoms with Crippen LogP contribution in [0.25, 0.3) is 0 Å². The van der Waals surface area contributed by atoms with E-state index in [9.17, 15) is 5.11 Å². The molecule has 1 atom stereocenters. The van der Waals surface area contributed by atoms with E-state index < -0.39 is 0 Å². The lowest BCUT2D eigenvalue weighted by Gasteiger charge is -2.19. The maximum atomic E-state index is 10.3. The number of aromatic nitrogens is 2. The molecule has 108 valence electrons. The van der Waals surface area contributed by atoms with Crippen molar-refractivity contribution in [2.45, 2.75) is 32.1 Å². The summed E-state index contributed by atoms with van der Waals surface area (Å²) in [5.74, 6) is 1.00. The van der Waals surface area contributed by atoms with Crippen LogP contribution in [0.4, 0.5) is 0 Å². The van der Waals surface area contributed by atoms with E-state index in [0.717, 1.165) is 30.7 Å². The fourth-order valence-corrected chi connectivity index (χ4v) is 2.71. The molecule has 0 fully saturated rings. The summed E-state index contributed by atoms with van der Waals surface area (Å²) in [7, 11) is 1.95. The van der Waals surface area contributed by atoms with E-state index in [0.29, 0.717) is 5.02 Å². The van der Waals surface area contributed by atoms with E-state index >= 15 is 0 Å². The topological polar surface area (TPSA) is 38.1 Å². The van der Waals surface area contributed by atoms with Crippen LogP contribution < -0.4 is 0 Å². The summed E-state index contributed by atoms with van der Waals surface area (Å²) in [6.45, 7) is 2.14. The first-order valence-electron chi connectivity index (χ1n) is 6.70. The summed E-state index contributed by atoms with van der Waals surface area (Å²) in [6, 6.07) is 3.55. The molecule has 1 N–H and O–H groups in total. The number of aryl methyl sites for hydroxylation is 1. The van der Waals surface area contributed by atoms with Gasteiger partial charge in [0, 0.05) is 30.9 Å². The summed E-state index contributed by atoms with van der Waals surface area (Å²) >= 11 is 12.0. The van der Waals surface area contributed by atoms with Crippen LogP contribution in [0.5, 0.6) is 5.75 Å². The van der Waals surface area contributed by atoms with E-state index in [-0.39, 0.29) is 16.7 Å². The molecule has 1 heterocycles. The zero-order chi connectivity index (χ0) is 14.7. The average Bonchev–Trinajstić information content (AvgIpc) is 2.85. The van der Waals surface area contributed by atoms with Gasteiger partial charge in [-0.1, -0.05) is 49.0 Å². The highest BCUT2D eigenvalue weighted by atomic mass is 35.5. The van der Waals surface area contributed by atoms with Crippen LogP contribution in [-0.4, -0.2) is 14.7 Å². The monoisotopic (exact) mass is 312 g/mol. The Hall–Kier alpha value is -1.19. The SMILES string of the molecule is CCCCC(c1ccc(Cl)c(Cl)c1O)c1nccn1C. The number of nitrogens with zero attached hydrogens (tertiary/aromatic N) is 2. The van der Waals surface area contributed by atoms with Crippen LogP contribution in [0.1, 0.15) is 43.5 Å². The number of halogens is 2. The lowest BCUT2D eigenvalue weighted by atomic mass is 9.92. The maximum Gasteiger partial charge on any atom is 0.139 e. The van der Waals surface area contributed by atoms with Gasteiger partial charge in [0.2, 0.25) is 0 Å². The van der Waals surface area contributed by atoms with Gasteiger partial charge in [0.05, 0.1) is 5.02 Å². The lowest BCUT2D eigenvalue weighted by molar-refractivity contribution is 0.458. The third-order valence-electron chi connectivity index (χ3n) is 3.49. The first-order chi connectivity index (χ1) is 9.56. The predicted molar refractivity (Wildman–Crippen MR) is 82.7 cm³/mol. The van der Waals surface area contributed by atoms with Crippen molar-refractivity contribution >= 4 is 23.2 Å². The second-order valence-electron chi connectivity index (χ2n) is 4.89. The van der Waals surface area contributed by atoms with Gasteiger partial charge in [-0.3, -0.25) is 0 Å². The van der Waals surface area contributed by atoms with Crippen LogP contribution in [0, 0.1) is 0 Å². The number of unbranched alkanes of at least 4 members (excludes halogenated alkanes) is 1. The van der Waals surface area contributed by atoms with Gasteiger partial charge >= 0.3 is 0 Å². The van der Waals surface area contributed by atoms with Crippen molar-refractivity contribution in [3.63, 3.8) is 0 Å². The summed E-state index contributed by atoms with van der Waals surface area (Å²) in [6.07, 6.45) is 6.72. The minimum Gasteiger partial charge on any atom is -0.506 e. The molecule has 2 rings (SSSR count). The van der Waals surface area contributed by atoms with Crippen molar-refractivity contribution in [1.29, 1.82) is 0 Å². The van der Waals surface area contributed by atoms with Gasteiger partial charge < -0.3 is 9.67 Å². The molecular weight excluding hydrogens is 295 g/mol. The number of phenols is 1. The normalized spacial score (nSPS) is 12.6. The largest absolute Gasteiger partial charge is 0.506 e. The van der Waals surface area contributed by atoms with Gasteiger partial charge in [0.15, 0.2) is 0 Å². The third kappa shape index (κ3) is 2.94. The molecule has 0 aliphatic heterocycles. The van der Waals surface area contributed by atoms with Gasteiger partial charge in [0.1, 0.15) is 16.6 Å². The summed E-state index contributed by atoms with van der Waals surface area (Å²) in [4.78, 5) is 4.41. The van der Waals surface area contributed by atoms with Gasteiger partial charge in [0.25, 0.3) is 0 Å². The van der Waals surface area contributed by atoms with E-state index in [1.165, 1.54) is 0 Å². The standard InChI is InChI=1S/C15H18Cl2N2O/c1-3-4-5-11(15-18-8-9-19(15)2)10-6-7-12(16)13(17)14(10)20/h6-9,11,20H,3-5H2,1-2H3. The van der Waals surface area contributed by atoms with E-state index in [2.05, 4.69) is 11.9 Å². The summed E-state index contributed by atoms with van der Waals surface area (Å²) in [5, 5.41) is 10.9. The van der Waals surface area contributed by atoms with Crippen molar-refractivity contribution in [2.24, 2.45) is 7.05 Å². The molecule has 0 aliphatic rings. The highest BCUT2D eigenvalue weighted by molar-refractivity contribution is 6.43. The molecule has 0 aliphatic carbocycles. The van der Waals surface area contributed by atoms with Crippen molar-refractivity contribution in [1.82, 2.24) is 9.55 Å². The molecule has 5 heteroatoms. The van der Waals surface area contributed by atoms with E-state index in [1.54, 1.807) is 12.3 Å². The van der Waals surface area contributed by atoms with Crippen LogP contribution in [0.2, 0.25) is 10.0 Å². The number of hydrogen-bond donors (Lipinski definition) is 1. The number of aromatic hydroxyl groups is 1. The fourth-order valence-electron chi connectivity index (χ4n) is 2.38. The molecule has 0 amide bonds. The number of rotatable bonds is 5. The van der Waals surface area contributed by atoms with Crippen LogP contribution >= 0.6 is 23.2 Å². The molecule has 20 heavy (non-hydrogen) atoms. The zero-order valence-electron chi connectivity index (χ0n) is 11.6. The molecule has 3 nitrogen and oxygen atoms in total. The number of hydrogen-bond acceptors (Lipinski definition) is 2. The lowest BCUT2D eigenvalue weighted by Crippen LogP contribution is -2.08. The van der Waals surface area contributed by atoms with Gasteiger partial charge in [-0.05, 0) is 12.5 Å². The number of imidazole rings is 1. The molecule has 0 bridgehead atoms. The second kappa shape index (κ2) is 6.51. The molecule has 0 saturated heterocycles.